The molecule has 6 nitrogen and oxygen atoms in total. The maximum atomic E-state index is 12.6. The van der Waals surface area contributed by atoms with E-state index in [1.807, 2.05) is 20.8 Å². The number of alkyl halides is 3. The van der Waals surface area contributed by atoms with Gasteiger partial charge in [-0.05, 0) is 50.5 Å². The summed E-state index contributed by atoms with van der Waals surface area (Å²) >= 11 is 0. The van der Waals surface area contributed by atoms with Crippen molar-refractivity contribution in [3.63, 3.8) is 0 Å². The van der Waals surface area contributed by atoms with Gasteiger partial charge in [0.05, 0.1) is 5.69 Å². The Labute approximate surface area is 184 Å². The largest absolute Gasteiger partial charge is 0.573 e. The standard InChI is InChI=1S/C23H25F3N4O2/c1-14-10-15(2)21(16(3)11-14)29-20-13-19(28-22(30-20)27-8-5-9-31)17-6-4-7-18(12-17)32-23(24,25)26/h4,6-7,10-13,31H,5,8-9H2,1-3H3,(H2,27,28,29,30). The van der Waals surface area contributed by atoms with Crippen LogP contribution in [0.5, 0.6) is 5.75 Å². The second kappa shape index (κ2) is 9.86. The van der Waals surface area contributed by atoms with Gasteiger partial charge < -0.3 is 20.5 Å². The third kappa shape index (κ3) is 6.34. The lowest BCUT2D eigenvalue weighted by Crippen LogP contribution is -2.17. The number of nitrogens with one attached hydrogen (secondary N) is 2. The topological polar surface area (TPSA) is 79.3 Å². The van der Waals surface area contributed by atoms with Crippen LogP contribution in [0.1, 0.15) is 23.1 Å². The molecule has 0 bridgehead atoms. The number of rotatable bonds is 8. The van der Waals surface area contributed by atoms with Crippen LogP contribution in [0.2, 0.25) is 0 Å². The number of aliphatic hydroxyl groups excluding tert-OH is 1. The molecule has 1 aromatic heterocycles. The first kappa shape index (κ1) is 23.3. The predicted octanol–water partition coefficient (Wildman–Crippen LogP) is 5.51. The van der Waals surface area contributed by atoms with Gasteiger partial charge in [-0.2, -0.15) is 4.98 Å². The Bertz CT molecular complexity index is 1060. The van der Waals surface area contributed by atoms with Crippen LogP contribution in [0, 0.1) is 20.8 Å². The van der Waals surface area contributed by atoms with E-state index in [4.69, 9.17) is 5.11 Å². The van der Waals surface area contributed by atoms with Crippen molar-refractivity contribution in [1.29, 1.82) is 0 Å². The molecule has 0 aliphatic heterocycles. The molecule has 3 aromatic rings. The molecule has 0 aliphatic rings. The lowest BCUT2D eigenvalue weighted by molar-refractivity contribution is -0.274. The third-order valence-electron chi connectivity index (χ3n) is 4.64. The Hall–Kier alpha value is -3.33. The SMILES string of the molecule is Cc1cc(C)c(Nc2cc(-c3cccc(OC(F)(F)F)c3)nc(NCCCO)n2)c(C)c1. The second-order valence-corrected chi connectivity index (χ2v) is 7.44. The van der Waals surface area contributed by atoms with Crippen molar-refractivity contribution in [3.8, 4) is 17.0 Å². The predicted molar refractivity (Wildman–Crippen MR) is 118 cm³/mol. The maximum absolute atomic E-state index is 12.6. The van der Waals surface area contributed by atoms with Gasteiger partial charge in [-0.25, -0.2) is 4.98 Å². The lowest BCUT2D eigenvalue weighted by Gasteiger charge is -2.16. The van der Waals surface area contributed by atoms with Crippen LogP contribution in [0.25, 0.3) is 11.3 Å². The molecule has 0 radical (unpaired) electrons. The summed E-state index contributed by atoms with van der Waals surface area (Å²) in [4.78, 5) is 8.92. The van der Waals surface area contributed by atoms with Gasteiger partial charge in [0.1, 0.15) is 11.6 Å². The number of aryl methyl sites for hydroxylation is 3. The number of nitrogens with zero attached hydrogens (tertiary/aromatic N) is 2. The number of anilines is 3. The molecule has 1 heterocycles. The number of halogens is 3. The second-order valence-electron chi connectivity index (χ2n) is 7.44. The fraction of sp³-hybridized carbons (Fsp3) is 0.304. The zero-order valence-corrected chi connectivity index (χ0v) is 18.0. The molecule has 0 saturated heterocycles. The minimum Gasteiger partial charge on any atom is -0.406 e. The Morgan fingerprint density at radius 3 is 2.38 bits per heavy atom. The van der Waals surface area contributed by atoms with Crippen molar-refractivity contribution in [3.05, 3.63) is 59.2 Å². The normalized spacial score (nSPS) is 11.3. The summed E-state index contributed by atoms with van der Waals surface area (Å²) in [6.45, 7) is 6.45. The smallest absolute Gasteiger partial charge is 0.406 e. The van der Waals surface area contributed by atoms with E-state index in [0.29, 0.717) is 36.0 Å². The molecule has 9 heteroatoms. The minimum absolute atomic E-state index is 0.0103. The maximum Gasteiger partial charge on any atom is 0.573 e. The minimum atomic E-state index is -4.78. The molecule has 0 spiro atoms. The van der Waals surface area contributed by atoms with Gasteiger partial charge in [-0.15, -0.1) is 13.2 Å². The van der Waals surface area contributed by atoms with Crippen molar-refractivity contribution in [2.24, 2.45) is 0 Å². The van der Waals surface area contributed by atoms with Gasteiger partial charge in [0, 0.05) is 30.5 Å². The molecule has 0 amide bonds. The molecule has 0 fully saturated rings. The average molecular weight is 446 g/mol. The van der Waals surface area contributed by atoms with Gasteiger partial charge in [0.15, 0.2) is 0 Å². The van der Waals surface area contributed by atoms with Crippen LogP contribution in [0.4, 0.5) is 30.6 Å². The zero-order valence-electron chi connectivity index (χ0n) is 18.0. The summed E-state index contributed by atoms with van der Waals surface area (Å²) in [5.41, 5.74) is 4.98. The summed E-state index contributed by atoms with van der Waals surface area (Å²) in [5.74, 6) is 0.449. The van der Waals surface area contributed by atoms with Gasteiger partial charge in [-0.3, -0.25) is 0 Å². The summed E-state index contributed by atoms with van der Waals surface area (Å²) in [6, 6.07) is 11.4. The highest BCUT2D eigenvalue weighted by Gasteiger charge is 2.31. The summed E-state index contributed by atoms with van der Waals surface area (Å²) in [7, 11) is 0. The van der Waals surface area contributed by atoms with E-state index in [9.17, 15) is 13.2 Å². The highest BCUT2D eigenvalue weighted by Crippen LogP contribution is 2.30. The molecule has 3 rings (SSSR count). The van der Waals surface area contributed by atoms with Gasteiger partial charge in [-0.1, -0.05) is 29.8 Å². The van der Waals surface area contributed by atoms with Gasteiger partial charge >= 0.3 is 6.36 Å². The molecule has 2 aromatic carbocycles. The quantitative estimate of drug-likeness (QED) is 0.396. The first-order chi connectivity index (χ1) is 15.1. The number of hydrogen-bond acceptors (Lipinski definition) is 6. The van der Waals surface area contributed by atoms with Crippen molar-refractivity contribution < 1.29 is 23.0 Å². The molecule has 0 aliphatic carbocycles. The Morgan fingerprint density at radius 1 is 1.00 bits per heavy atom. The molecule has 0 saturated carbocycles. The van der Waals surface area contributed by atoms with Crippen molar-refractivity contribution >= 4 is 17.5 Å². The van der Waals surface area contributed by atoms with Crippen LogP contribution in [-0.2, 0) is 0 Å². The van der Waals surface area contributed by atoms with E-state index in [2.05, 4.69) is 37.5 Å². The van der Waals surface area contributed by atoms with Crippen LogP contribution < -0.4 is 15.4 Å². The number of aliphatic hydroxyl groups is 1. The molecular formula is C23H25F3N4O2. The highest BCUT2D eigenvalue weighted by atomic mass is 19.4. The molecule has 3 N–H and O–H groups in total. The fourth-order valence-corrected chi connectivity index (χ4v) is 3.38. The molecule has 170 valence electrons. The molecule has 0 unspecified atom stereocenters. The monoisotopic (exact) mass is 446 g/mol. The Balaban J connectivity index is 1.99. The van der Waals surface area contributed by atoms with Gasteiger partial charge in [0.2, 0.25) is 5.95 Å². The Morgan fingerprint density at radius 2 is 1.72 bits per heavy atom. The van der Waals surface area contributed by atoms with E-state index in [1.54, 1.807) is 12.1 Å². The van der Waals surface area contributed by atoms with E-state index in [1.165, 1.54) is 18.2 Å². The Kier molecular flexibility index (Phi) is 7.19. The lowest BCUT2D eigenvalue weighted by atomic mass is 10.1. The van der Waals surface area contributed by atoms with Crippen molar-refractivity contribution in [1.82, 2.24) is 9.97 Å². The number of benzene rings is 2. The highest BCUT2D eigenvalue weighted by molar-refractivity contribution is 5.71. The molecule has 32 heavy (non-hydrogen) atoms. The van der Waals surface area contributed by atoms with Crippen molar-refractivity contribution in [2.75, 3.05) is 23.8 Å². The van der Waals surface area contributed by atoms with Gasteiger partial charge in [0.25, 0.3) is 0 Å². The fourth-order valence-electron chi connectivity index (χ4n) is 3.38. The number of hydrogen-bond donors (Lipinski definition) is 3. The van der Waals surface area contributed by atoms with Crippen molar-refractivity contribution in [2.45, 2.75) is 33.6 Å². The van der Waals surface area contributed by atoms with E-state index >= 15 is 0 Å². The average Bonchev–Trinajstić information content (AvgIpc) is 2.70. The number of aromatic nitrogens is 2. The van der Waals surface area contributed by atoms with Crippen LogP contribution in [0.15, 0.2) is 42.5 Å². The molecule has 0 atom stereocenters. The molecular weight excluding hydrogens is 421 g/mol. The zero-order chi connectivity index (χ0) is 23.3. The van der Waals surface area contributed by atoms with E-state index < -0.39 is 6.36 Å². The van der Waals surface area contributed by atoms with Crippen LogP contribution in [-0.4, -0.2) is 34.6 Å². The summed E-state index contributed by atoms with van der Waals surface area (Å²) in [5, 5.41) is 15.4. The summed E-state index contributed by atoms with van der Waals surface area (Å²) in [6.07, 6.45) is -4.28. The number of ether oxygens (including phenoxy) is 1. The third-order valence-corrected chi connectivity index (χ3v) is 4.64. The summed E-state index contributed by atoms with van der Waals surface area (Å²) < 4.78 is 41.9. The van der Waals surface area contributed by atoms with Crippen LogP contribution >= 0.6 is 0 Å². The first-order valence-corrected chi connectivity index (χ1v) is 10.1. The first-order valence-electron chi connectivity index (χ1n) is 10.1. The van der Waals surface area contributed by atoms with Crippen LogP contribution in [0.3, 0.4) is 0 Å². The van der Waals surface area contributed by atoms with E-state index in [0.717, 1.165) is 22.4 Å². The van der Waals surface area contributed by atoms with E-state index in [-0.39, 0.29) is 12.4 Å².